The lowest BCUT2D eigenvalue weighted by Gasteiger charge is -1.86. The van der Waals surface area contributed by atoms with Gasteiger partial charge in [0.05, 0.1) is 7.11 Å². The largest absolute Gasteiger partial charge is 0.460 e. The molecule has 1 rings (SSSR count). The number of rotatable bonds is 2. The molecule has 62 valence electrons. The lowest BCUT2D eigenvalue weighted by Crippen LogP contribution is -2.19. The van der Waals surface area contributed by atoms with E-state index in [4.69, 9.17) is 5.53 Å². The predicted octanol–water partition coefficient (Wildman–Crippen LogP) is -1.61. The van der Waals surface area contributed by atoms with Gasteiger partial charge >= 0.3 is 11.7 Å². The third-order valence-electron chi connectivity index (χ3n) is 1.04. The van der Waals surface area contributed by atoms with Gasteiger partial charge in [0.1, 0.15) is 0 Å². The molecule has 0 amide bonds. The molecule has 0 bridgehead atoms. The highest BCUT2D eigenvalue weighted by molar-refractivity contribution is 6.39. The highest BCUT2D eigenvalue weighted by Crippen LogP contribution is 1.87. The highest BCUT2D eigenvalue weighted by atomic mass is 16.5. The average Bonchev–Trinajstić information content (AvgIpc) is 2.58. The number of nitrogens with zero attached hydrogens (tertiary/aromatic N) is 5. The van der Waals surface area contributed by atoms with Crippen LogP contribution in [-0.2, 0) is 9.53 Å². The van der Waals surface area contributed by atoms with Gasteiger partial charge in [-0.1, -0.05) is 5.10 Å². The van der Waals surface area contributed by atoms with Crippen LogP contribution < -0.4 is 0 Å². The van der Waals surface area contributed by atoms with Crippen molar-refractivity contribution >= 4 is 11.7 Å². The molecule has 0 aromatic carbocycles. The fraction of sp³-hybridized carbons (Fsp3) is 0.250. The van der Waals surface area contributed by atoms with Crippen LogP contribution in [0.15, 0.2) is 0 Å². The van der Waals surface area contributed by atoms with Gasteiger partial charge in [0.2, 0.25) is 0 Å². The summed E-state index contributed by atoms with van der Waals surface area (Å²) in [5.74, 6) is -0.955. The van der Waals surface area contributed by atoms with Crippen molar-refractivity contribution in [1.29, 1.82) is 0 Å². The topological polar surface area (TPSA) is 117 Å². The Hall–Kier alpha value is -2.08. The maximum absolute atomic E-state index is 10.8. The van der Waals surface area contributed by atoms with Crippen LogP contribution in [0.25, 0.3) is 5.53 Å². The van der Waals surface area contributed by atoms with Gasteiger partial charge in [0.25, 0.3) is 5.82 Å². The Kier molecular flexibility index (Phi) is 2.24. The molecule has 0 spiro atoms. The molecule has 0 aliphatic heterocycles. The van der Waals surface area contributed by atoms with Crippen molar-refractivity contribution < 1.29 is 14.3 Å². The Morgan fingerprint density at radius 3 is 2.92 bits per heavy atom. The van der Waals surface area contributed by atoms with Crippen molar-refractivity contribution in [1.82, 2.24) is 20.6 Å². The van der Waals surface area contributed by atoms with E-state index in [-0.39, 0.29) is 5.82 Å². The molecule has 1 heterocycles. The molecule has 0 aliphatic carbocycles. The Bertz CT molecular complexity index is 323. The van der Waals surface area contributed by atoms with Crippen LogP contribution in [-0.4, -0.2) is 44.2 Å². The van der Waals surface area contributed by atoms with Crippen LogP contribution in [0.4, 0.5) is 0 Å². The van der Waals surface area contributed by atoms with E-state index < -0.39 is 11.7 Å². The number of methoxy groups -OCH3 is 1. The van der Waals surface area contributed by atoms with Crippen LogP contribution in [0.2, 0.25) is 0 Å². The molecular weight excluding hydrogens is 164 g/mol. The lowest BCUT2D eigenvalue weighted by atomic mass is 10.4. The van der Waals surface area contributed by atoms with E-state index in [1.165, 1.54) is 0 Å². The van der Waals surface area contributed by atoms with Gasteiger partial charge in [-0.05, 0) is 5.21 Å². The summed E-state index contributed by atoms with van der Waals surface area (Å²) < 4.78 is 4.28. The molecule has 8 heteroatoms. The summed E-state index contributed by atoms with van der Waals surface area (Å²) in [7, 11) is 1.15. The molecule has 0 radical (unpaired) electrons. The summed E-state index contributed by atoms with van der Waals surface area (Å²) in [6.07, 6.45) is 0. The summed E-state index contributed by atoms with van der Waals surface area (Å²) >= 11 is 0. The van der Waals surface area contributed by atoms with Crippen LogP contribution in [0.1, 0.15) is 5.82 Å². The van der Waals surface area contributed by atoms with Gasteiger partial charge in [-0.25, -0.2) is 4.79 Å². The molecule has 1 aromatic rings. The number of hydrogen-bond donors (Lipinski definition) is 1. The number of aromatic nitrogens is 4. The highest BCUT2D eigenvalue weighted by Gasteiger charge is 2.28. The van der Waals surface area contributed by atoms with Crippen molar-refractivity contribution in [2.24, 2.45) is 0 Å². The van der Waals surface area contributed by atoms with E-state index in [2.05, 4.69) is 30.2 Å². The summed E-state index contributed by atoms with van der Waals surface area (Å²) in [6, 6.07) is 0. The second-order valence-corrected chi connectivity index (χ2v) is 1.68. The first-order valence-corrected chi connectivity index (χ1v) is 2.83. The number of esters is 1. The van der Waals surface area contributed by atoms with Crippen LogP contribution >= 0.6 is 0 Å². The molecule has 0 saturated heterocycles. The molecule has 0 atom stereocenters. The van der Waals surface area contributed by atoms with Crippen LogP contribution in [0, 0.1) is 0 Å². The zero-order chi connectivity index (χ0) is 8.97. The number of aromatic amines is 1. The zero-order valence-corrected chi connectivity index (χ0v) is 6.05. The number of ether oxygens (including phenoxy) is 1. The maximum atomic E-state index is 10.8. The van der Waals surface area contributed by atoms with Gasteiger partial charge in [0.15, 0.2) is 0 Å². The molecule has 12 heavy (non-hydrogen) atoms. The van der Waals surface area contributed by atoms with Crippen molar-refractivity contribution in [3.05, 3.63) is 11.4 Å². The first-order valence-electron chi connectivity index (χ1n) is 2.83. The summed E-state index contributed by atoms with van der Waals surface area (Å²) in [4.78, 5) is 13.5. The molecular formula is C4H4N6O2. The first-order chi connectivity index (χ1) is 5.79. The summed E-state index contributed by atoms with van der Waals surface area (Å²) in [6.45, 7) is 0. The van der Waals surface area contributed by atoms with Crippen molar-refractivity contribution in [3.8, 4) is 0 Å². The van der Waals surface area contributed by atoms with Gasteiger partial charge < -0.3 is 10.3 Å². The Balaban J connectivity index is 3.01. The number of carbonyl (C=O) groups excluding carboxylic acids is 1. The monoisotopic (exact) mass is 168 g/mol. The van der Waals surface area contributed by atoms with E-state index in [1.807, 2.05) is 0 Å². The van der Waals surface area contributed by atoms with E-state index in [1.54, 1.807) is 0 Å². The molecule has 1 N–H and O–H groups in total. The Morgan fingerprint density at radius 2 is 2.50 bits per heavy atom. The standard InChI is InChI=1S/C4H4N6O2/c1-12-4(11)2(6-5)3-7-9-10-8-3/h1H3,(H,7,8,9,10). The quantitative estimate of drug-likeness (QED) is 0.247. The summed E-state index contributed by atoms with van der Waals surface area (Å²) in [5.41, 5.74) is 7.97. The molecule has 8 nitrogen and oxygen atoms in total. The van der Waals surface area contributed by atoms with Crippen molar-refractivity contribution in [2.75, 3.05) is 7.11 Å². The normalized spacial score (nSPS) is 8.75. The van der Waals surface area contributed by atoms with Gasteiger partial charge in [-0.3, -0.25) is 0 Å². The van der Waals surface area contributed by atoms with Crippen LogP contribution in [0.3, 0.4) is 0 Å². The van der Waals surface area contributed by atoms with Crippen LogP contribution in [0.5, 0.6) is 0 Å². The van der Waals surface area contributed by atoms with Crippen molar-refractivity contribution in [2.45, 2.75) is 0 Å². The second kappa shape index (κ2) is 3.35. The number of nitrogens with one attached hydrogen (secondary N) is 1. The van der Waals surface area contributed by atoms with E-state index in [0.29, 0.717) is 0 Å². The average molecular weight is 168 g/mol. The van der Waals surface area contributed by atoms with Crippen molar-refractivity contribution in [3.63, 3.8) is 0 Å². The molecule has 1 aromatic heterocycles. The Morgan fingerprint density at radius 1 is 1.75 bits per heavy atom. The number of carbonyl (C=O) groups is 1. The van der Waals surface area contributed by atoms with E-state index >= 15 is 0 Å². The third kappa shape index (κ3) is 1.32. The fourth-order valence-electron chi connectivity index (χ4n) is 0.536. The minimum absolute atomic E-state index is 0.121. The maximum Gasteiger partial charge on any atom is 0.446 e. The predicted molar refractivity (Wildman–Crippen MR) is 33.9 cm³/mol. The van der Waals surface area contributed by atoms with Gasteiger partial charge in [-0.15, -0.1) is 5.10 Å². The molecule has 0 aliphatic rings. The van der Waals surface area contributed by atoms with E-state index in [0.717, 1.165) is 7.11 Å². The Labute approximate surface area is 66.2 Å². The van der Waals surface area contributed by atoms with E-state index in [9.17, 15) is 4.79 Å². The first kappa shape index (κ1) is 8.02. The third-order valence-corrected chi connectivity index (χ3v) is 1.04. The second-order valence-electron chi connectivity index (χ2n) is 1.68. The SMILES string of the molecule is COC(=O)C(=[N+]=[N-])c1nn[nH]n1. The number of tetrazole rings is 1. The molecule has 0 fully saturated rings. The molecule has 0 saturated carbocycles. The lowest BCUT2D eigenvalue weighted by molar-refractivity contribution is -0.137. The minimum Gasteiger partial charge on any atom is -0.460 e. The number of hydrogen-bond acceptors (Lipinski definition) is 5. The van der Waals surface area contributed by atoms with Gasteiger partial charge in [0, 0.05) is 0 Å². The smallest absolute Gasteiger partial charge is 0.446 e. The van der Waals surface area contributed by atoms with Gasteiger partial charge in [-0.2, -0.15) is 10.0 Å². The minimum atomic E-state index is -0.834. The zero-order valence-electron chi connectivity index (χ0n) is 6.05. The summed E-state index contributed by atoms with van der Waals surface area (Å²) in [5, 5.41) is 12.1. The fourth-order valence-corrected chi connectivity index (χ4v) is 0.536. The molecule has 0 unspecified atom stereocenters. The number of H-pyrrole nitrogens is 1.